The average Bonchev–Trinajstić information content (AvgIpc) is 3.34. The average molecular weight is 427 g/mol. The number of allylic oxidation sites excluding steroid dienone is 2. The smallest absolute Gasteiger partial charge is 0.311 e. The fourth-order valence-electron chi connectivity index (χ4n) is 5.64. The van der Waals surface area contributed by atoms with E-state index in [1.807, 2.05) is 12.1 Å². The van der Waals surface area contributed by atoms with E-state index in [9.17, 15) is 4.79 Å². The summed E-state index contributed by atoms with van der Waals surface area (Å²) in [5.41, 5.74) is 1.29. The predicted octanol–water partition coefficient (Wildman–Crippen LogP) is 3.76. The van der Waals surface area contributed by atoms with Crippen LogP contribution in [0.25, 0.3) is 0 Å². The first-order valence-corrected chi connectivity index (χ1v) is 11.8. The van der Waals surface area contributed by atoms with E-state index in [0.717, 1.165) is 63.9 Å². The molecule has 6 nitrogen and oxygen atoms in total. The SMILES string of the molecule is C/C1=C\CC[C@@]2(C)O[C@@H]2[C@H]2OC(=O)[C@@H](CN3CCC(Oc4cccnc4)CC3)[C@@H]2CC1. The highest BCUT2D eigenvalue weighted by atomic mass is 16.6. The number of fused-ring (bicyclic) bond motifs is 3. The summed E-state index contributed by atoms with van der Waals surface area (Å²) in [6.07, 6.45) is 12.1. The molecular formula is C25H34N2O4. The second-order valence-electron chi connectivity index (χ2n) is 9.96. The zero-order valence-corrected chi connectivity index (χ0v) is 18.7. The number of epoxide rings is 1. The number of carbonyl (C=O) groups excluding carboxylic acids is 1. The number of nitrogens with zero attached hydrogens (tertiary/aromatic N) is 2. The first-order chi connectivity index (χ1) is 15.0. The lowest BCUT2D eigenvalue weighted by Crippen LogP contribution is -2.43. The maximum Gasteiger partial charge on any atom is 0.311 e. The van der Waals surface area contributed by atoms with E-state index in [4.69, 9.17) is 14.2 Å². The Hall–Kier alpha value is -1.92. The van der Waals surface area contributed by atoms with E-state index in [0.29, 0.717) is 0 Å². The molecule has 1 aliphatic carbocycles. The molecule has 0 saturated carbocycles. The maximum absolute atomic E-state index is 12.9. The predicted molar refractivity (Wildman–Crippen MR) is 117 cm³/mol. The zero-order chi connectivity index (χ0) is 21.4. The molecule has 31 heavy (non-hydrogen) atoms. The van der Waals surface area contributed by atoms with Crippen molar-refractivity contribution in [2.24, 2.45) is 11.8 Å². The highest BCUT2D eigenvalue weighted by Crippen LogP contribution is 2.50. The summed E-state index contributed by atoms with van der Waals surface area (Å²) in [6, 6.07) is 3.86. The Morgan fingerprint density at radius 1 is 1.29 bits per heavy atom. The quantitative estimate of drug-likeness (QED) is 0.415. The summed E-state index contributed by atoms with van der Waals surface area (Å²) >= 11 is 0. The van der Waals surface area contributed by atoms with E-state index >= 15 is 0 Å². The molecule has 0 bridgehead atoms. The lowest BCUT2D eigenvalue weighted by Gasteiger charge is -2.34. The molecule has 4 aliphatic rings. The summed E-state index contributed by atoms with van der Waals surface area (Å²) in [5, 5.41) is 0. The van der Waals surface area contributed by atoms with Crippen molar-refractivity contribution in [2.45, 2.75) is 76.3 Å². The summed E-state index contributed by atoms with van der Waals surface area (Å²) in [7, 11) is 0. The van der Waals surface area contributed by atoms with Crippen LogP contribution in [-0.4, -0.2) is 59.4 Å². The number of aromatic nitrogens is 1. The minimum Gasteiger partial charge on any atom is -0.489 e. The molecule has 0 amide bonds. The van der Waals surface area contributed by atoms with Crippen LogP contribution in [0.4, 0.5) is 0 Å². The summed E-state index contributed by atoms with van der Waals surface area (Å²) in [6.45, 7) is 7.06. The molecule has 5 atom stereocenters. The van der Waals surface area contributed by atoms with Crippen LogP contribution >= 0.6 is 0 Å². The number of esters is 1. The molecule has 0 N–H and O–H groups in total. The van der Waals surface area contributed by atoms with E-state index in [1.54, 1.807) is 12.4 Å². The van der Waals surface area contributed by atoms with Gasteiger partial charge in [0.05, 0.1) is 17.7 Å². The van der Waals surface area contributed by atoms with Gasteiger partial charge in [-0.3, -0.25) is 9.78 Å². The van der Waals surface area contributed by atoms with Crippen molar-refractivity contribution in [3.8, 4) is 5.75 Å². The maximum atomic E-state index is 12.9. The summed E-state index contributed by atoms with van der Waals surface area (Å²) in [5.74, 6) is 0.995. The van der Waals surface area contributed by atoms with Crippen LogP contribution in [0.3, 0.4) is 0 Å². The number of carbonyl (C=O) groups is 1. The molecule has 0 unspecified atom stereocenters. The zero-order valence-electron chi connectivity index (χ0n) is 18.7. The van der Waals surface area contributed by atoms with Gasteiger partial charge in [0.25, 0.3) is 0 Å². The Bertz CT molecular complexity index is 820. The Balaban J connectivity index is 1.21. The first kappa shape index (κ1) is 21.0. The number of rotatable bonds is 4. The molecule has 1 aromatic heterocycles. The second kappa shape index (κ2) is 8.55. The minimum atomic E-state index is -0.131. The van der Waals surface area contributed by atoms with Crippen molar-refractivity contribution in [1.29, 1.82) is 0 Å². The molecule has 4 heterocycles. The van der Waals surface area contributed by atoms with Crippen LogP contribution in [0, 0.1) is 11.8 Å². The van der Waals surface area contributed by atoms with Crippen molar-refractivity contribution < 1.29 is 19.0 Å². The third kappa shape index (κ3) is 4.51. The van der Waals surface area contributed by atoms with E-state index in [2.05, 4.69) is 29.8 Å². The van der Waals surface area contributed by atoms with Crippen LogP contribution in [0.15, 0.2) is 36.2 Å². The van der Waals surface area contributed by atoms with Crippen LogP contribution in [0.5, 0.6) is 5.75 Å². The normalized spacial score (nSPS) is 38.4. The summed E-state index contributed by atoms with van der Waals surface area (Å²) < 4.78 is 18.1. The molecule has 3 aliphatic heterocycles. The third-order valence-electron chi connectivity index (χ3n) is 7.67. The Morgan fingerprint density at radius 2 is 2.13 bits per heavy atom. The van der Waals surface area contributed by atoms with E-state index in [1.165, 1.54) is 5.57 Å². The van der Waals surface area contributed by atoms with Gasteiger partial charge in [0.1, 0.15) is 24.1 Å². The number of hydrogen-bond acceptors (Lipinski definition) is 6. The lowest BCUT2D eigenvalue weighted by molar-refractivity contribution is -0.145. The molecular weight excluding hydrogens is 392 g/mol. The molecule has 5 rings (SSSR count). The van der Waals surface area contributed by atoms with Gasteiger partial charge in [-0.1, -0.05) is 11.6 Å². The van der Waals surface area contributed by atoms with Crippen molar-refractivity contribution in [3.63, 3.8) is 0 Å². The molecule has 0 aromatic carbocycles. The monoisotopic (exact) mass is 426 g/mol. The highest BCUT2D eigenvalue weighted by molar-refractivity contribution is 5.75. The molecule has 3 fully saturated rings. The molecule has 0 radical (unpaired) electrons. The topological polar surface area (TPSA) is 64.2 Å². The number of hydrogen-bond donors (Lipinski definition) is 0. The van der Waals surface area contributed by atoms with Crippen LogP contribution in [0.2, 0.25) is 0 Å². The Morgan fingerprint density at radius 3 is 2.90 bits per heavy atom. The first-order valence-electron chi connectivity index (χ1n) is 11.8. The fraction of sp³-hybridized carbons (Fsp3) is 0.680. The van der Waals surface area contributed by atoms with Gasteiger partial charge < -0.3 is 19.1 Å². The molecule has 3 saturated heterocycles. The number of piperidine rings is 1. The molecule has 6 heteroatoms. The van der Waals surface area contributed by atoms with Gasteiger partial charge >= 0.3 is 5.97 Å². The van der Waals surface area contributed by atoms with Gasteiger partial charge in [-0.25, -0.2) is 0 Å². The molecule has 0 spiro atoms. The van der Waals surface area contributed by atoms with Crippen LogP contribution in [-0.2, 0) is 14.3 Å². The third-order valence-corrected chi connectivity index (χ3v) is 7.67. The van der Waals surface area contributed by atoms with Crippen molar-refractivity contribution in [3.05, 3.63) is 36.2 Å². The summed E-state index contributed by atoms with van der Waals surface area (Å²) in [4.78, 5) is 19.5. The van der Waals surface area contributed by atoms with Gasteiger partial charge in [0, 0.05) is 31.7 Å². The van der Waals surface area contributed by atoms with Gasteiger partial charge in [-0.05, 0) is 64.5 Å². The minimum absolute atomic E-state index is 0.0255. The highest BCUT2D eigenvalue weighted by Gasteiger charge is 2.62. The fourth-order valence-corrected chi connectivity index (χ4v) is 5.64. The molecule has 168 valence electrons. The Labute approximate surface area is 184 Å². The number of ether oxygens (including phenoxy) is 3. The van der Waals surface area contributed by atoms with Crippen LogP contribution < -0.4 is 4.74 Å². The van der Waals surface area contributed by atoms with Crippen molar-refractivity contribution in [1.82, 2.24) is 9.88 Å². The van der Waals surface area contributed by atoms with E-state index < -0.39 is 0 Å². The lowest BCUT2D eigenvalue weighted by atomic mass is 9.80. The van der Waals surface area contributed by atoms with E-state index in [-0.39, 0.29) is 41.7 Å². The van der Waals surface area contributed by atoms with Gasteiger partial charge in [0.2, 0.25) is 0 Å². The van der Waals surface area contributed by atoms with Crippen LogP contribution in [0.1, 0.15) is 52.4 Å². The standard InChI is InChI=1S/C25H34N2O4/c1-17-5-3-11-25(2)23(31-25)22-20(8-7-17)21(24(28)30-22)16-27-13-9-18(10-14-27)29-19-6-4-12-26-15-19/h4-6,12,15,18,20-23H,3,7-11,13-14,16H2,1-2H3/b17-5+/t20-,21-,22-,23+,25+/m0/s1. The van der Waals surface area contributed by atoms with Gasteiger partial charge in [-0.2, -0.15) is 0 Å². The van der Waals surface area contributed by atoms with Crippen molar-refractivity contribution >= 4 is 5.97 Å². The Kier molecular flexibility index (Phi) is 5.78. The second-order valence-corrected chi connectivity index (χ2v) is 9.96. The largest absolute Gasteiger partial charge is 0.489 e. The number of pyridine rings is 1. The van der Waals surface area contributed by atoms with Crippen molar-refractivity contribution in [2.75, 3.05) is 19.6 Å². The van der Waals surface area contributed by atoms with Gasteiger partial charge in [-0.15, -0.1) is 0 Å². The molecule has 1 aromatic rings. The van der Waals surface area contributed by atoms with Gasteiger partial charge in [0.15, 0.2) is 0 Å². The number of likely N-dealkylation sites (tertiary alicyclic amines) is 1.